The van der Waals surface area contributed by atoms with Crippen LogP contribution >= 0.6 is 0 Å². The van der Waals surface area contributed by atoms with Gasteiger partial charge in [0.25, 0.3) is 5.91 Å². The van der Waals surface area contributed by atoms with Gasteiger partial charge in [0, 0.05) is 6.54 Å². The first-order chi connectivity index (χ1) is 14.7. The molecule has 1 amide bonds. The third-order valence-corrected chi connectivity index (χ3v) is 11.4. The highest BCUT2D eigenvalue weighted by atomic mass is 32.2. The topological polar surface area (TPSA) is 94.5 Å². The van der Waals surface area contributed by atoms with Gasteiger partial charge >= 0.3 is 10.1 Å². The van der Waals surface area contributed by atoms with E-state index in [1.54, 1.807) is 4.90 Å². The fraction of sp³-hybridized carbons (Fsp3) is 0.636. The third-order valence-electron chi connectivity index (χ3n) is 6.56. The molecule has 0 radical (unpaired) electrons. The molecule has 2 aliphatic heterocycles. The number of nitrogens with zero attached hydrogens (tertiary/aromatic N) is 2. The van der Waals surface area contributed by atoms with Crippen molar-refractivity contribution in [1.82, 2.24) is 4.90 Å². The normalized spacial score (nSPS) is 25.8. The largest absolute Gasteiger partial charge is 0.414 e. The fourth-order valence-corrected chi connectivity index (χ4v) is 4.94. The Morgan fingerprint density at radius 2 is 1.91 bits per heavy atom. The zero-order chi connectivity index (χ0) is 23.8. The molecule has 1 spiro atoms. The third kappa shape index (κ3) is 5.41. The van der Waals surface area contributed by atoms with E-state index in [4.69, 9.17) is 13.4 Å². The van der Waals surface area contributed by atoms with Crippen LogP contribution in [0.5, 0.6) is 0 Å². The van der Waals surface area contributed by atoms with Crippen LogP contribution in [0.1, 0.15) is 39.2 Å². The molecule has 0 saturated carbocycles. The van der Waals surface area contributed by atoms with Crippen molar-refractivity contribution >= 4 is 30.1 Å². The van der Waals surface area contributed by atoms with Crippen molar-refractivity contribution in [3.8, 4) is 0 Å². The molecule has 2 saturated heterocycles. The SMILES string of the molecule is CC(C)(C)[Si](C)(C)OC[C@@H]1CC[C@]2(O1)C(=O)N(Cc1ccccc1)C/C2=N\OS(C)(=O)=O. The summed E-state index contributed by atoms with van der Waals surface area (Å²) in [5, 5.41) is 3.93. The van der Waals surface area contributed by atoms with Crippen molar-refractivity contribution in [2.75, 3.05) is 19.4 Å². The van der Waals surface area contributed by atoms with Gasteiger partial charge in [0.15, 0.2) is 13.9 Å². The molecule has 8 nitrogen and oxygen atoms in total. The lowest BCUT2D eigenvalue weighted by molar-refractivity contribution is -0.145. The summed E-state index contributed by atoms with van der Waals surface area (Å²) in [6.07, 6.45) is 1.69. The van der Waals surface area contributed by atoms with Crippen molar-refractivity contribution in [1.29, 1.82) is 0 Å². The summed E-state index contributed by atoms with van der Waals surface area (Å²) in [6, 6.07) is 9.61. The standard InChI is InChI=1S/C22H34N2O6SSi/c1-21(2,3)32(5,6)28-16-18-12-13-22(29-18)19(23-30-31(4,26)27)15-24(20(22)25)14-17-10-8-7-9-11-17/h7-11,18H,12-16H2,1-6H3/b23-19+/t18-,22+/m0/s1. The van der Waals surface area contributed by atoms with Gasteiger partial charge in [-0.25, -0.2) is 0 Å². The number of rotatable bonds is 7. The fourth-order valence-electron chi connectivity index (χ4n) is 3.68. The van der Waals surface area contributed by atoms with Gasteiger partial charge in [0.1, 0.15) is 5.71 Å². The molecule has 0 aliphatic carbocycles. The van der Waals surface area contributed by atoms with Crippen molar-refractivity contribution in [2.45, 2.75) is 70.0 Å². The average Bonchev–Trinajstić information content (AvgIpc) is 3.22. The predicted molar refractivity (Wildman–Crippen MR) is 125 cm³/mol. The first-order valence-electron chi connectivity index (χ1n) is 10.8. The van der Waals surface area contributed by atoms with E-state index in [2.05, 4.69) is 39.0 Å². The molecule has 1 aromatic carbocycles. The smallest absolute Gasteiger partial charge is 0.325 e. The molecule has 0 aromatic heterocycles. The van der Waals surface area contributed by atoms with Crippen LogP contribution in [0.15, 0.2) is 35.5 Å². The molecule has 2 atom stereocenters. The predicted octanol–water partition coefficient (Wildman–Crippen LogP) is 3.30. The number of hydrogen-bond donors (Lipinski definition) is 0. The number of amides is 1. The van der Waals surface area contributed by atoms with E-state index >= 15 is 0 Å². The van der Waals surface area contributed by atoms with Crippen molar-refractivity contribution in [2.24, 2.45) is 5.16 Å². The Hall–Kier alpha value is -1.75. The van der Waals surface area contributed by atoms with Crippen molar-refractivity contribution in [3.05, 3.63) is 35.9 Å². The summed E-state index contributed by atoms with van der Waals surface area (Å²) in [4.78, 5) is 15.1. The highest BCUT2D eigenvalue weighted by Gasteiger charge is 2.58. The molecule has 0 unspecified atom stereocenters. The lowest BCUT2D eigenvalue weighted by Gasteiger charge is -2.37. The van der Waals surface area contributed by atoms with E-state index in [1.807, 2.05) is 30.3 Å². The van der Waals surface area contributed by atoms with Crippen LogP contribution in [0.3, 0.4) is 0 Å². The molecule has 2 aliphatic rings. The molecule has 0 N–H and O–H groups in total. The number of benzene rings is 1. The average molecular weight is 483 g/mol. The van der Waals surface area contributed by atoms with Crippen LogP contribution in [-0.2, 0) is 34.9 Å². The van der Waals surface area contributed by atoms with E-state index in [0.29, 0.717) is 31.7 Å². The van der Waals surface area contributed by atoms with E-state index in [0.717, 1.165) is 11.8 Å². The highest BCUT2D eigenvalue weighted by Crippen LogP contribution is 2.41. The summed E-state index contributed by atoms with van der Waals surface area (Å²) >= 11 is 0. The number of ether oxygens (including phenoxy) is 1. The second-order valence-corrected chi connectivity index (χ2v) is 16.5. The van der Waals surface area contributed by atoms with Gasteiger partial charge in [0.05, 0.1) is 25.5 Å². The van der Waals surface area contributed by atoms with E-state index in [-0.39, 0.29) is 23.6 Å². The molecular formula is C22H34N2O6SSi. The molecule has 178 valence electrons. The number of hydrogen-bond acceptors (Lipinski definition) is 7. The first-order valence-corrected chi connectivity index (χ1v) is 15.6. The second-order valence-electron chi connectivity index (χ2n) is 10.1. The molecular weight excluding hydrogens is 448 g/mol. The zero-order valence-corrected chi connectivity index (χ0v) is 21.6. The Balaban J connectivity index is 1.80. The van der Waals surface area contributed by atoms with E-state index < -0.39 is 24.0 Å². The highest BCUT2D eigenvalue weighted by molar-refractivity contribution is 7.85. The van der Waals surface area contributed by atoms with E-state index in [9.17, 15) is 13.2 Å². The molecule has 0 bridgehead atoms. The summed E-state index contributed by atoms with van der Waals surface area (Å²) in [5.41, 5.74) is -0.0447. The molecule has 3 rings (SSSR count). The van der Waals surface area contributed by atoms with Crippen LogP contribution in [0.2, 0.25) is 18.1 Å². The molecule has 10 heteroatoms. The van der Waals surface area contributed by atoms with Crippen LogP contribution in [0, 0.1) is 0 Å². The minimum absolute atomic E-state index is 0.0644. The second kappa shape index (κ2) is 8.89. The van der Waals surface area contributed by atoms with Crippen molar-refractivity contribution in [3.63, 3.8) is 0 Å². The maximum atomic E-state index is 13.5. The van der Waals surface area contributed by atoms with E-state index in [1.165, 1.54) is 0 Å². The zero-order valence-electron chi connectivity index (χ0n) is 19.8. The number of carbonyl (C=O) groups excluding carboxylic acids is 1. The van der Waals surface area contributed by atoms with Crippen molar-refractivity contribution < 1.29 is 26.7 Å². The van der Waals surface area contributed by atoms with Gasteiger partial charge in [-0.2, -0.15) is 8.42 Å². The molecule has 1 aromatic rings. The Labute approximate surface area is 192 Å². The van der Waals surface area contributed by atoms with Gasteiger partial charge < -0.3 is 14.1 Å². The van der Waals surface area contributed by atoms with Gasteiger partial charge in [-0.3, -0.25) is 9.08 Å². The van der Waals surface area contributed by atoms with Crippen LogP contribution in [-0.4, -0.2) is 64.4 Å². The summed E-state index contributed by atoms with van der Waals surface area (Å²) < 4.78 is 40.4. The maximum Gasteiger partial charge on any atom is 0.325 e. The Bertz CT molecular complexity index is 974. The number of carbonyl (C=O) groups is 1. The Morgan fingerprint density at radius 3 is 2.50 bits per heavy atom. The van der Waals surface area contributed by atoms with Gasteiger partial charge in [0.2, 0.25) is 0 Å². The van der Waals surface area contributed by atoms with Gasteiger partial charge in [-0.15, -0.1) is 0 Å². The number of oxime groups is 1. The summed E-state index contributed by atoms with van der Waals surface area (Å²) in [7, 11) is -5.77. The Kier molecular flexibility index (Phi) is 6.91. The summed E-state index contributed by atoms with van der Waals surface area (Å²) in [6.45, 7) is 11.8. The molecule has 2 fully saturated rings. The van der Waals surface area contributed by atoms with Gasteiger partial charge in [-0.1, -0.05) is 56.3 Å². The van der Waals surface area contributed by atoms with Gasteiger partial charge in [-0.05, 0) is 36.5 Å². The minimum atomic E-state index is -3.80. The van der Waals surface area contributed by atoms with Crippen LogP contribution < -0.4 is 0 Å². The summed E-state index contributed by atoms with van der Waals surface area (Å²) in [5.74, 6) is -0.216. The first kappa shape index (κ1) is 24.9. The van der Waals surface area contributed by atoms with Crippen LogP contribution in [0.4, 0.5) is 0 Å². The lowest BCUT2D eigenvalue weighted by Crippen LogP contribution is -2.46. The number of likely N-dealkylation sites (tertiary alicyclic amines) is 1. The minimum Gasteiger partial charge on any atom is -0.414 e. The lowest BCUT2D eigenvalue weighted by atomic mass is 9.96. The van der Waals surface area contributed by atoms with Crippen LogP contribution in [0.25, 0.3) is 0 Å². The molecule has 32 heavy (non-hydrogen) atoms. The monoisotopic (exact) mass is 482 g/mol. The molecule has 2 heterocycles. The Morgan fingerprint density at radius 1 is 1.25 bits per heavy atom. The maximum absolute atomic E-state index is 13.5. The quantitative estimate of drug-likeness (QED) is 0.437.